The van der Waals surface area contributed by atoms with E-state index in [0.29, 0.717) is 19.5 Å². The second-order valence-electron chi connectivity index (χ2n) is 3.61. The van der Waals surface area contributed by atoms with Crippen LogP contribution in [0.5, 0.6) is 0 Å². The molecule has 0 saturated carbocycles. The van der Waals surface area contributed by atoms with Gasteiger partial charge in [0.15, 0.2) is 0 Å². The second-order valence-corrected chi connectivity index (χ2v) is 5.70. The Hall–Kier alpha value is -0.390. The van der Waals surface area contributed by atoms with Gasteiger partial charge in [0, 0.05) is 25.7 Å². The standard InChI is InChI=1S/C9H18N2O2S/c1-3-4-7-14(12,13)11-6-5-10-9(2)8-11/h3,9-10H,1,4-8H2,2H3/t9-/m0/s1. The molecule has 1 N–H and O–H groups in total. The predicted octanol–water partition coefficient (Wildman–Crippen LogP) is 0.186. The highest BCUT2D eigenvalue weighted by molar-refractivity contribution is 7.89. The molecule has 5 heteroatoms. The first-order valence-electron chi connectivity index (χ1n) is 4.88. The van der Waals surface area contributed by atoms with E-state index in [0.717, 1.165) is 6.54 Å². The number of hydrogen-bond donors (Lipinski definition) is 1. The first-order chi connectivity index (χ1) is 6.56. The van der Waals surface area contributed by atoms with Crippen molar-refractivity contribution in [3.8, 4) is 0 Å². The van der Waals surface area contributed by atoms with Gasteiger partial charge in [-0.2, -0.15) is 4.31 Å². The molecule has 1 heterocycles. The van der Waals surface area contributed by atoms with E-state index in [1.54, 1.807) is 10.4 Å². The fourth-order valence-corrected chi connectivity index (χ4v) is 3.05. The maximum absolute atomic E-state index is 11.7. The molecule has 1 fully saturated rings. The topological polar surface area (TPSA) is 49.4 Å². The van der Waals surface area contributed by atoms with E-state index in [9.17, 15) is 8.42 Å². The summed E-state index contributed by atoms with van der Waals surface area (Å²) in [5.41, 5.74) is 0. The molecule has 0 amide bonds. The lowest BCUT2D eigenvalue weighted by molar-refractivity contribution is 0.310. The molecule has 0 bridgehead atoms. The minimum atomic E-state index is -3.06. The van der Waals surface area contributed by atoms with Crippen LogP contribution in [0.3, 0.4) is 0 Å². The number of rotatable bonds is 4. The summed E-state index contributed by atoms with van der Waals surface area (Å²) in [7, 11) is -3.06. The van der Waals surface area contributed by atoms with Crippen LogP contribution in [0.4, 0.5) is 0 Å². The lowest BCUT2D eigenvalue weighted by Gasteiger charge is -2.30. The first-order valence-corrected chi connectivity index (χ1v) is 6.49. The largest absolute Gasteiger partial charge is 0.312 e. The van der Waals surface area contributed by atoms with E-state index in [1.807, 2.05) is 6.92 Å². The summed E-state index contributed by atoms with van der Waals surface area (Å²) in [6.45, 7) is 7.44. The molecule has 0 aliphatic carbocycles. The van der Waals surface area contributed by atoms with Gasteiger partial charge < -0.3 is 5.32 Å². The fourth-order valence-electron chi connectivity index (χ4n) is 1.51. The van der Waals surface area contributed by atoms with Gasteiger partial charge in [-0.1, -0.05) is 6.08 Å². The maximum Gasteiger partial charge on any atom is 0.214 e. The van der Waals surface area contributed by atoms with Crippen molar-refractivity contribution in [3.05, 3.63) is 12.7 Å². The van der Waals surface area contributed by atoms with Gasteiger partial charge in [-0.25, -0.2) is 8.42 Å². The van der Waals surface area contributed by atoms with Gasteiger partial charge in [-0.15, -0.1) is 6.58 Å². The van der Waals surface area contributed by atoms with Gasteiger partial charge in [0.1, 0.15) is 0 Å². The molecule has 1 aliphatic rings. The van der Waals surface area contributed by atoms with Gasteiger partial charge in [0.05, 0.1) is 5.75 Å². The van der Waals surface area contributed by atoms with Gasteiger partial charge in [-0.3, -0.25) is 0 Å². The molecule has 1 atom stereocenters. The Kier molecular flexibility index (Phi) is 4.10. The van der Waals surface area contributed by atoms with E-state index < -0.39 is 10.0 Å². The van der Waals surface area contributed by atoms with Gasteiger partial charge in [0.2, 0.25) is 10.0 Å². The predicted molar refractivity (Wildman–Crippen MR) is 57.6 cm³/mol. The van der Waals surface area contributed by atoms with Crippen LogP contribution in [0.2, 0.25) is 0 Å². The van der Waals surface area contributed by atoms with Crippen LogP contribution >= 0.6 is 0 Å². The Balaban J connectivity index is 2.57. The van der Waals surface area contributed by atoms with Crippen LogP contribution in [0.25, 0.3) is 0 Å². The summed E-state index contributed by atoms with van der Waals surface area (Å²) in [4.78, 5) is 0. The Labute approximate surface area is 86.0 Å². The minimum Gasteiger partial charge on any atom is -0.312 e. The molecule has 4 nitrogen and oxygen atoms in total. The lowest BCUT2D eigenvalue weighted by Crippen LogP contribution is -2.51. The van der Waals surface area contributed by atoms with Crippen molar-refractivity contribution in [2.75, 3.05) is 25.4 Å². The van der Waals surface area contributed by atoms with Gasteiger partial charge >= 0.3 is 0 Å². The zero-order chi connectivity index (χ0) is 10.6. The molecule has 0 spiro atoms. The normalized spacial score (nSPS) is 24.8. The monoisotopic (exact) mass is 218 g/mol. The Morgan fingerprint density at radius 3 is 2.93 bits per heavy atom. The van der Waals surface area contributed by atoms with E-state index >= 15 is 0 Å². The average molecular weight is 218 g/mol. The fraction of sp³-hybridized carbons (Fsp3) is 0.778. The summed E-state index contributed by atoms with van der Waals surface area (Å²) in [5.74, 6) is 0.184. The van der Waals surface area contributed by atoms with Crippen LogP contribution in [-0.2, 0) is 10.0 Å². The number of allylic oxidation sites excluding steroid dienone is 1. The third-order valence-corrected chi connectivity index (χ3v) is 4.17. The summed E-state index contributed by atoms with van der Waals surface area (Å²) in [6, 6.07) is 0.252. The molecule has 0 aromatic heterocycles. The molecule has 0 unspecified atom stereocenters. The zero-order valence-electron chi connectivity index (χ0n) is 8.57. The van der Waals surface area contributed by atoms with E-state index in [-0.39, 0.29) is 11.8 Å². The van der Waals surface area contributed by atoms with Crippen molar-refractivity contribution in [3.63, 3.8) is 0 Å². The summed E-state index contributed by atoms with van der Waals surface area (Å²) in [5, 5.41) is 3.21. The van der Waals surface area contributed by atoms with Crippen LogP contribution < -0.4 is 5.32 Å². The number of sulfonamides is 1. The zero-order valence-corrected chi connectivity index (χ0v) is 9.39. The Bertz CT molecular complexity index is 287. The Morgan fingerprint density at radius 1 is 1.64 bits per heavy atom. The quantitative estimate of drug-likeness (QED) is 0.685. The van der Waals surface area contributed by atoms with Crippen molar-refractivity contribution in [2.45, 2.75) is 19.4 Å². The molecule has 14 heavy (non-hydrogen) atoms. The van der Waals surface area contributed by atoms with Gasteiger partial charge in [-0.05, 0) is 13.3 Å². The molecular weight excluding hydrogens is 200 g/mol. The summed E-state index contributed by atoms with van der Waals surface area (Å²) < 4.78 is 25.0. The summed E-state index contributed by atoms with van der Waals surface area (Å²) in [6.07, 6.45) is 2.17. The second kappa shape index (κ2) is 4.91. The lowest BCUT2D eigenvalue weighted by atomic mass is 10.3. The highest BCUT2D eigenvalue weighted by atomic mass is 32.2. The van der Waals surface area contributed by atoms with E-state index in [1.165, 1.54) is 0 Å². The third kappa shape index (κ3) is 3.08. The molecular formula is C9H18N2O2S. The highest BCUT2D eigenvalue weighted by Gasteiger charge is 2.25. The van der Waals surface area contributed by atoms with Crippen LogP contribution in [0.1, 0.15) is 13.3 Å². The van der Waals surface area contributed by atoms with Crippen molar-refractivity contribution < 1.29 is 8.42 Å². The number of piperazine rings is 1. The van der Waals surface area contributed by atoms with Crippen molar-refractivity contribution in [1.82, 2.24) is 9.62 Å². The molecule has 1 rings (SSSR count). The highest BCUT2D eigenvalue weighted by Crippen LogP contribution is 2.07. The maximum atomic E-state index is 11.7. The smallest absolute Gasteiger partial charge is 0.214 e. The third-order valence-electron chi connectivity index (χ3n) is 2.30. The average Bonchev–Trinajstić information content (AvgIpc) is 2.15. The molecule has 1 saturated heterocycles. The first kappa shape index (κ1) is 11.7. The summed E-state index contributed by atoms with van der Waals surface area (Å²) >= 11 is 0. The molecule has 82 valence electrons. The van der Waals surface area contributed by atoms with E-state index in [4.69, 9.17) is 0 Å². The van der Waals surface area contributed by atoms with Crippen LogP contribution in [-0.4, -0.2) is 44.2 Å². The van der Waals surface area contributed by atoms with Crippen LogP contribution in [0, 0.1) is 0 Å². The van der Waals surface area contributed by atoms with Crippen molar-refractivity contribution >= 4 is 10.0 Å². The van der Waals surface area contributed by atoms with Gasteiger partial charge in [0.25, 0.3) is 0 Å². The number of nitrogens with one attached hydrogen (secondary N) is 1. The number of hydrogen-bond acceptors (Lipinski definition) is 3. The molecule has 1 aliphatic heterocycles. The molecule has 0 radical (unpaired) electrons. The van der Waals surface area contributed by atoms with Crippen molar-refractivity contribution in [2.24, 2.45) is 0 Å². The Morgan fingerprint density at radius 2 is 2.36 bits per heavy atom. The van der Waals surface area contributed by atoms with Crippen LogP contribution in [0.15, 0.2) is 12.7 Å². The van der Waals surface area contributed by atoms with E-state index in [2.05, 4.69) is 11.9 Å². The number of nitrogens with zero attached hydrogens (tertiary/aromatic N) is 1. The molecule has 0 aromatic carbocycles. The molecule has 0 aromatic rings. The minimum absolute atomic E-state index is 0.184. The SMILES string of the molecule is C=CCCS(=O)(=O)N1CCN[C@@H](C)C1. The van der Waals surface area contributed by atoms with Crippen molar-refractivity contribution in [1.29, 1.82) is 0 Å².